The van der Waals surface area contributed by atoms with Crippen LogP contribution in [0.4, 0.5) is 0 Å². The van der Waals surface area contributed by atoms with Gasteiger partial charge in [0.25, 0.3) is 0 Å². The third-order valence-corrected chi connectivity index (χ3v) is 4.13. The summed E-state index contributed by atoms with van der Waals surface area (Å²) in [5, 5.41) is 0. The third kappa shape index (κ3) is 7.00. The molecule has 0 aliphatic heterocycles. The summed E-state index contributed by atoms with van der Waals surface area (Å²) in [4.78, 5) is 1.35. The molecule has 0 atom stereocenters. The molecule has 0 aliphatic carbocycles. The van der Waals surface area contributed by atoms with E-state index in [-0.39, 0.29) is 0 Å². The summed E-state index contributed by atoms with van der Waals surface area (Å²) in [7, 11) is 0. The van der Waals surface area contributed by atoms with Crippen LogP contribution in [-0.4, -0.2) is 23.9 Å². The van der Waals surface area contributed by atoms with Gasteiger partial charge in [0.15, 0.2) is 0 Å². The average Bonchev–Trinajstić information content (AvgIpc) is 2.42. The molecule has 1 rings (SSSR count). The van der Waals surface area contributed by atoms with Crippen molar-refractivity contribution in [3.63, 3.8) is 0 Å². The molecule has 0 saturated carbocycles. The number of unbranched alkanes of at least 4 members (excludes halogenated alkanes) is 1. The first-order chi connectivity index (χ1) is 9.30. The number of benzene rings is 1. The van der Waals surface area contributed by atoms with Gasteiger partial charge >= 0.3 is 0 Å². The summed E-state index contributed by atoms with van der Waals surface area (Å²) in [5.41, 5.74) is 6.95. The van der Waals surface area contributed by atoms with Crippen LogP contribution in [0.2, 0.25) is 0 Å². The summed E-state index contributed by atoms with van der Waals surface area (Å²) in [5.74, 6) is 0. The largest absolute Gasteiger partial charge is 0.330 e. The van der Waals surface area contributed by atoms with E-state index in [0.29, 0.717) is 0 Å². The van der Waals surface area contributed by atoms with E-state index in [9.17, 15) is 0 Å². The van der Waals surface area contributed by atoms with Crippen LogP contribution in [0.1, 0.15) is 45.1 Å². The van der Waals surface area contributed by atoms with Crippen molar-refractivity contribution in [1.29, 1.82) is 0 Å². The van der Waals surface area contributed by atoms with Crippen molar-refractivity contribution in [1.82, 2.24) is 4.31 Å². The van der Waals surface area contributed by atoms with Gasteiger partial charge in [-0.05, 0) is 68.3 Å². The minimum absolute atomic E-state index is 0.803. The van der Waals surface area contributed by atoms with Crippen LogP contribution in [-0.2, 0) is 6.42 Å². The molecule has 1 aromatic carbocycles. The van der Waals surface area contributed by atoms with Gasteiger partial charge in [0.2, 0.25) is 0 Å². The maximum atomic E-state index is 5.52. The monoisotopic (exact) mass is 280 g/mol. The van der Waals surface area contributed by atoms with E-state index in [2.05, 4.69) is 42.4 Å². The van der Waals surface area contributed by atoms with E-state index in [0.717, 1.165) is 32.5 Å². The van der Waals surface area contributed by atoms with E-state index < -0.39 is 0 Å². The lowest BCUT2D eigenvalue weighted by Gasteiger charge is -2.19. The second-order valence-electron chi connectivity index (χ2n) is 4.91. The Balaban J connectivity index is 2.45. The van der Waals surface area contributed by atoms with Gasteiger partial charge < -0.3 is 5.73 Å². The molecule has 1 aromatic rings. The molecule has 0 unspecified atom stereocenters. The Kier molecular flexibility index (Phi) is 8.97. The third-order valence-electron chi connectivity index (χ3n) is 3.02. The van der Waals surface area contributed by atoms with Crippen molar-refractivity contribution >= 4 is 11.9 Å². The topological polar surface area (TPSA) is 29.3 Å². The van der Waals surface area contributed by atoms with Gasteiger partial charge in [0.1, 0.15) is 0 Å². The molecule has 0 saturated heterocycles. The number of hydrogen-bond donors (Lipinski definition) is 1. The van der Waals surface area contributed by atoms with Crippen LogP contribution in [0.3, 0.4) is 0 Å². The molecule has 0 bridgehead atoms. The fourth-order valence-electron chi connectivity index (χ4n) is 2.04. The van der Waals surface area contributed by atoms with Crippen LogP contribution in [0.5, 0.6) is 0 Å². The van der Waals surface area contributed by atoms with Crippen molar-refractivity contribution in [3.8, 4) is 0 Å². The smallest absolute Gasteiger partial charge is 0.0230 e. The van der Waals surface area contributed by atoms with E-state index >= 15 is 0 Å². The molecule has 2 nitrogen and oxygen atoms in total. The van der Waals surface area contributed by atoms with Crippen molar-refractivity contribution in [3.05, 3.63) is 29.8 Å². The zero-order valence-electron chi connectivity index (χ0n) is 12.4. The molecule has 0 aliphatic rings. The molecule has 108 valence electrons. The highest BCUT2D eigenvalue weighted by Gasteiger charge is 2.05. The van der Waals surface area contributed by atoms with Crippen LogP contribution < -0.4 is 5.73 Å². The number of aryl methyl sites for hydroxylation is 1. The van der Waals surface area contributed by atoms with Crippen molar-refractivity contribution in [2.45, 2.75) is 50.8 Å². The first-order valence-corrected chi connectivity index (χ1v) is 8.29. The molecule has 0 aromatic heterocycles. The molecule has 0 heterocycles. The molecular weight excluding hydrogens is 252 g/mol. The zero-order valence-corrected chi connectivity index (χ0v) is 13.2. The van der Waals surface area contributed by atoms with Crippen LogP contribution in [0, 0.1) is 0 Å². The van der Waals surface area contributed by atoms with Gasteiger partial charge in [0, 0.05) is 18.0 Å². The first kappa shape index (κ1) is 16.5. The summed E-state index contributed by atoms with van der Waals surface area (Å²) in [6, 6.07) is 9.02. The maximum absolute atomic E-state index is 5.52. The van der Waals surface area contributed by atoms with Crippen molar-refractivity contribution in [2.24, 2.45) is 5.73 Å². The predicted molar refractivity (Wildman–Crippen MR) is 86.4 cm³/mol. The normalized spacial score (nSPS) is 11.2. The Morgan fingerprint density at radius 3 is 2.16 bits per heavy atom. The lowest BCUT2D eigenvalue weighted by Crippen LogP contribution is -2.17. The summed E-state index contributed by atoms with van der Waals surface area (Å²) < 4.78 is 2.46. The molecule has 0 fully saturated rings. The van der Waals surface area contributed by atoms with Crippen molar-refractivity contribution in [2.75, 3.05) is 19.6 Å². The number of nitrogens with zero attached hydrogens (tertiary/aromatic N) is 1. The molecule has 19 heavy (non-hydrogen) atoms. The molecule has 0 radical (unpaired) electrons. The van der Waals surface area contributed by atoms with E-state index in [1.165, 1.54) is 29.7 Å². The highest BCUT2D eigenvalue weighted by molar-refractivity contribution is 7.97. The lowest BCUT2D eigenvalue weighted by molar-refractivity contribution is 0.467. The van der Waals surface area contributed by atoms with E-state index in [4.69, 9.17) is 5.73 Å². The number of nitrogens with two attached hydrogens (primary N) is 1. The second kappa shape index (κ2) is 10.3. The fraction of sp³-hybridized carbons (Fsp3) is 0.625. The van der Waals surface area contributed by atoms with Gasteiger partial charge in [-0.3, -0.25) is 0 Å². The Morgan fingerprint density at radius 1 is 1.00 bits per heavy atom. The number of hydrogen-bond acceptors (Lipinski definition) is 3. The molecule has 3 heteroatoms. The average molecular weight is 280 g/mol. The van der Waals surface area contributed by atoms with Gasteiger partial charge in [-0.2, -0.15) is 0 Å². The van der Waals surface area contributed by atoms with Gasteiger partial charge in [-0.25, -0.2) is 4.31 Å². The van der Waals surface area contributed by atoms with Crippen LogP contribution in [0.25, 0.3) is 0 Å². The summed E-state index contributed by atoms with van der Waals surface area (Å²) in [6.45, 7) is 7.61. The van der Waals surface area contributed by atoms with Crippen molar-refractivity contribution < 1.29 is 0 Å². The first-order valence-electron chi connectivity index (χ1n) is 7.52. The molecule has 2 N–H and O–H groups in total. The highest BCUT2D eigenvalue weighted by atomic mass is 32.2. The zero-order chi connectivity index (χ0) is 13.9. The Morgan fingerprint density at radius 2 is 1.63 bits per heavy atom. The van der Waals surface area contributed by atoms with E-state index in [1.807, 2.05) is 11.9 Å². The highest BCUT2D eigenvalue weighted by Crippen LogP contribution is 2.23. The van der Waals surface area contributed by atoms with E-state index in [1.54, 1.807) is 0 Å². The Bertz CT molecular complexity index is 318. The Hall–Kier alpha value is -0.510. The molecule has 0 spiro atoms. The van der Waals surface area contributed by atoms with Crippen LogP contribution in [0.15, 0.2) is 29.2 Å². The van der Waals surface area contributed by atoms with Gasteiger partial charge in [-0.15, -0.1) is 0 Å². The van der Waals surface area contributed by atoms with Gasteiger partial charge in [0.05, 0.1) is 0 Å². The van der Waals surface area contributed by atoms with Crippen LogP contribution >= 0.6 is 11.9 Å². The maximum Gasteiger partial charge on any atom is 0.0230 e. The van der Waals surface area contributed by atoms with Gasteiger partial charge in [-0.1, -0.05) is 26.0 Å². The minimum atomic E-state index is 0.803. The second-order valence-corrected chi connectivity index (χ2v) is 6.08. The summed E-state index contributed by atoms with van der Waals surface area (Å²) in [6.07, 6.45) is 5.89. The lowest BCUT2D eigenvalue weighted by atomic mass is 10.1. The standard InChI is InChI=1S/C16H28N2S/c1-3-13-18(14-4-2)19-16-10-8-15(9-11-16)7-5-6-12-17/h8-11H,3-7,12-14,17H2,1-2H3. The SMILES string of the molecule is CCCN(CCC)Sc1ccc(CCCCN)cc1. The fourth-order valence-corrected chi connectivity index (χ4v) is 3.15. The Labute approximate surface area is 122 Å². The number of rotatable bonds is 10. The molecule has 0 amide bonds. The molecular formula is C16H28N2S. The minimum Gasteiger partial charge on any atom is -0.330 e. The summed E-state index contributed by atoms with van der Waals surface area (Å²) >= 11 is 1.89. The predicted octanol–water partition coefficient (Wildman–Crippen LogP) is 4.10. The quantitative estimate of drug-likeness (QED) is 0.517.